The van der Waals surface area contributed by atoms with Crippen molar-refractivity contribution in [1.29, 1.82) is 0 Å². The standard InChI is InChI=1S/C15H15N3O2/c1-2-4-14-13-5-3-6-15(13)17(16-14)11-7-9-12(10-8-11)18(19)20/h2,4,7-10H,3,5-6H2,1H3. The molecule has 0 unspecified atom stereocenters. The minimum atomic E-state index is -0.386. The minimum Gasteiger partial charge on any atom is -0.258 e. The highest BCUT2D eigenvalue weighted by Gasteiger charge is 2.22. The van der Waals surface area contributed by atoms with Gasteiger partial charge in [0.2, 0.25) is 0 Å². The van der Waals surface area contributed by atoms with Gasteiger partial charge >= 0.3 is 0 Å². The number of nitrogens with zero attached hydrogens (tertiary/aromatic N) is 3. The van der Waals surface area contributed by atoms with Crippen molar-refractivity contribution in [3.8, 4) is 5.69 Å². The van der Waals surface area contributed by atoms with Gasteiger partial charge in [-0.15, -0.1) is 0 Å². The van der Waals surface area contributed by atoms with Crippen LogP contribution in [0.5, 0.6) is 0 Å². The van der Waals surface area contributed by atoms with E-state index in [1.54, 1.807) is 12.1 Å². The summed E-state index contributed by atoms with van der Waals surface area (Å²) in [6.45, 7) is 1.98. The zero-order chi connectivity index (χ0) is 14.1. The highest BCUT2D eigenvalue weighted by atomic mass is 16.6. The molecular weight excluding hydrogens is 254 g/mol. The van der Waals surface area contributed by atoms with Crippen molar-refractivity contribution < 1.29 is 4.92 Å². The van der Waals surface area contributed by atoms with Crippen molar-refractivity contribution in [2.75, 3.05) is 0 Å². The normalized spacial score (nSPS) is 13.8. The second kappa shape index (κ2) is 4.92. The summed E-state index contributed by atoms with van der Waals surface area (Å²) in [6, 6.07) is 6.55. The molecule has 0 saturated heterocycles. The number of benzene rings is 1. The summed E-state index contributed by atoms with van der Waals surface area (Å²) < 4.78 is 1.92. The molecule has 0 N–H and O–H groups in total. The number of aromatic nitrogens is 2. The Balaban J connectivity index is 2.06. The van der Waals surface area contributed by atoms with Gasteiger partial charge in [-0.1, -0.05) is 6.08 Å². The van der Waals surface area contributed by atoms with E-state index in [0.29, 0.717) is 0 Å². The molecule has 0 spiro atoms. The lowest BCUT2D eigenvalue weighted by Gasteiger charge is -2.04. The van der Waals surface area contributed by atoms with Crippen molar-refractivity contribution in [3.63, 3.8) is 0 Å². The molecule has 0 radical (unpaired) electrons. The van der Waals surface area contributed by atoms with Gasteiger partial charge < -0.3 is 0 Å². The Morgan fingerprint density at radius 2 is 2.05 bits per heavy atom. The molecule has 1 aromatic carbocycles. The SMILES string of the molecule is CC=Cc1nn(-c2ccc([N+](=O)[O-])cc2)c2c1CCC2. The summed E-state index contributed by atoms with van der Waals surface area (Å²) in [7, 11) is 0. The molecule has 0 fully saturated rings. The van der Waals surface area contributed by atoms with Crippen LogP contribution in [0.15, 0.2) is 30.3 Å². The molecule has 1 aliphatic rings. The Labute approximate surface area is 116 Å². The highest BCUT2D eigenvalue weighted by molar-refractivity contribution is 5.54. The number of rotatable bonds is 3. The van der Waals surface area contributed by atoms with E-state index in [-0.39, 0.29) is 10.6 Å². The quantitative estimate of drug-likeness (QED) is 0.634. The first-order valence-electron chi connectivity index (χ1n) is 6.69. The summed E-state index contributed by atoms with van der Waals surface area (Å²) in [5.41, 5.74) is 4.53. The van der Waals surface area contributed by atoms with E-state index < -0.39 is 0 Å². The number of hydrogen-bond acceptors (Lipinski definition) is 3. The zero-order valence-corrected chi connectivity index (χ0v) is 11.2. The molecule has 5 nitrogen and oxygen atoms in total. The number of fused-ring (bicyclic) bond motifs is 1. The monoisotopic (exact) mass is 269 g/mol. The van der Waals surface area contributed by atoms with Gasteiger partial charge in [0.25, 0.3) is 5.69 Å². The fourth-order valence-electron chi connectivity index (χ4n) is 2.69. The highest BCUT2D eigenvalue weighted by Crippen LogP contribution is 2.29. The van der Waals surface area contributed by atoms with Gasteiger partial charge in [-0.25, -0.2) is 4.68 Å². The van der Waals surface area contributed by atoms with Crippen LogP contribution in [-0.4, -0.2) is 14.7 Å². The van der Waals surface area contributed by atoms with E-state index in [4.69, 9.17) is 0 Å². The van der Waals surface area contributed by atoms with Crippen LogP contribution in [0.2, 0.25) is 0 Å². The second-order valence-electron chi connectivity index (χ2n) is 4.85. The third-order valence-electron chi connectivity index (χ3n) is 3.59. The van der Waals surface area contributed by atoms with Crippen LogP contribution in [0.25, 0.3) is 11.8 Å². The summed E-state index contributed by atoms with van der Waals surface area (Å²) >= 11 is 0. The number of nitro groups is 1. The molecule has 0 saturated carbocycles. The third kappa shape index (κ3) is 2.01. The number of nitro benzene ring substituents is 1. The zero-order valence-electron chi connectivity index (χ0n) is 11.2. The molecule has 2 aromatic rings. The molecule has 0 bridgehead atoms. The Morgan fingerprint density at radius 1 is 1.30 bits per heavy atom. The predicted molar refractivity (Wildman–Crippen MR) is 77.0 cm³/mol. The summed E-state index contributed by atoms with van der Waals surface area (Å²) in [4.78, 5) is 10.3. The van der Waals surface area contributed by atoms with E-state index in [1.807, 2.05) is 23.8 Å². The van der Waals surface area contributed by atoms with Crippen LogP contribution in [-0.2, 0) is 12.8 Å². The van der Waals surface area contributed by atoms with Crippen molar-refractivity contribution in [1.82, 2.24) is 9.78 Å². The smallest absolute Gasteiger partial charge is 0.258 e. The third-order valence-corrected chi connectivity index (χ3v) is 3.59. The average molecular weight is 269 g/mol. The minimum absolute atomic E-state index is 0.103. The lowest BCUT2D eigenvalue weighted by Crippen LogP contribution is -2.01. The topological polar surface area (TPSA) is 61.0 Å². The molecule has 0 atom stereocenters. The Morgan fingerprint density at radius 3 is 2.70 bits per heavy atom. The predicted octanol–water partition coefficient (Wildman–Crippen LogP) is 3.30. The van der Waals surface area contributed by atoms with Gasteiger partial charge in [-0.05, 0) is 44.4 Å². The molecule has 3 rings (SSSR count). The van der Waals surface area contributed by atoms with Gasteiger partial charge in [0.05, 0.1) is 16.3 Å². The number of non-ortho nitro benzene ring substituents is 1. The van der Waals surface area contributed by atoms with Crippen molar-refractivity contribution in [3.05, 3.63) is 57.4 Å². The van der Waals surface area contributed by atoms with Gasteiger partial charge in [-0.2, -0.15) is 5.10 Å². The van der Waals surface area contributed by atoms with Crippen molar-refractivity contribution in [2.24, 2.45) is 0 Å². The molecule has 102 valence electrons. The fourth-order valence-corrected chi connectivity index (χ4v) is 2.69. The molecule has 0 amide bonds. The maximum absolute atomic E-state index is 10.7. The molecule has 0 aliphatic heterocycles. The van der Waals surface area contributed by atoms with Crippen LogP contribution in [0.3, 0.4) is 0 Å². The fraction of sp³-hybridized carbons (Fsp3) is 0.267. The molecule has 20 heavy (non-hydrogen) atoms. The van der Waals surface area contributed by atoms with E-state index >= 15 is 0 Å². The lowest BCUT2D eigenvalue weighted by molar-refractivity contribution is -0.384. The van der Waals surface area contributed by atoms with Crippen LogP contribution < -0.4 is 0 Å². The first-order valence-corrected chi connectivity index (χ1v) is 6.69. The van der Waals surface area contributed by atoms with Gasteiger partial charge in [-0.3, -0.25) is 10.1 Å². The Hall–Kier alpha value is -2.43. The van der Waals surface area contributed by atoms with Crippen molar-refractivity contribution in [2.45, 2.75) is 26.2 Å². The number of allylic oxidation sites excluding steroid dienone is 1. The second-order valence-corrected chi connectivity index (χ2v) is 4.85. The Bertz CT molecular complexity index is 684. The van der Waals surface area contributed by atoms with Gasteiger partial charge in [0.1, 0.15) is 0 Å². The molecule has 1 heterocycles. The first-order chi connectivity index (χ1) is 9.70. The molecule has 5 heteroatoms. The first kappa shape index (κ1) is 12.6. The van der Waals surface area contributed by atoms with Crippen LogP contribution in [0.4, 0.5) is 5.69 Å². The lowest BCUT2D eigenvalue weighted by atomic mass is 10.2. The van der Waals surface area contributed by atoms with Crippen LogP contribution in [0.1, 0.15) is 30.3 Å². The summed E-state index contributed by atoms with van der Waals surface area (Å²) in [5, 5.41) is 15.3. The largest absolute Gasteiger partial charge is 0.269 e. The van der Waals surface area contributed by atoms with Crippen LogP contribution >= 0.6 is 0 Å². The van der Waals surface area contributed by atoms with Crippen molar-refractivity contribution >= 4 is 11.8 Å². The summed E-state index contributed by atoms with van der Waals surface area (Å²) in [5.74, 6) is 0. The summed E-state index contributed by atoms with van der Waals surface area (Å²) in [6.07, 6.45) is 7.22. The van der Waals surface area contributed by atoms with Gasteiger partial charge in [0, 0.05) is 23.4 Å². The van der Waals surface area contributed by atoms with E-state index in [1.165, 1.54) is 23.4 Å². The van der Waals surface area contributed by atoms with Gasteiger partial charge in [0.15, 0.2) is 0 Å². The molecular formula is C15H15N3O2. The van der Waals surface area contributed by atoms with E-state index in [2.05, 4.69) is 5.10 Å². The maximum atomic E-state index is 10.7. The maximum Gasteiger partial charge on any atom is 0.269 e. The van der Waals surface area contributed by atoms with E-state index in [0.717, 1.165) is 30.6 Å². The Kier molecular flexibility index (Phi) is 3.10. The molecule has 1 aromatic heterocycles. The average Bonchev–Trinajstić information content (AvgIpc) is 3.03. The number of hydrogen-bond donors (Lipinski definition) is 0. The molecule has 1 aliphatic carbocycles. The van der Waals surface area contributed by atoms with E-state index in [9.17, 15) is 10.1 Å². The van der Waals surface area contributed by atoms with Crippen LogP contribution in [0, 0.1) is 10.1 Å².